The Bertz CT molecular complexity index is 1110. The van der Waals surface area contributed by atoms with Gasteiger partial charge in [0.05, 0.1) is 5.02 Å². The standard InChI is InChI=1S/C27H45ClN5O2PS2/c1-27(2,3)36(31-16-8-4-5-9-17-31,32-18-10-6-7-11-19-32)30-26(37)29-23-14-15-24(28)25(22-23)38(34,35)33-20-12-13-21-33/h14-15,22H,4-13,16-21H2,1-3H3,(H,29,37). The van der Waals surface area contributed by atoms with Crippen LogP contribution in [0.4, 0.5) is 5.69 Å². The number of benzene rings is 1. The molecule has 38 heavy (non-hydrogen) atoms. The van der Waals surface area contributed by atoms with Gasteiger partial charge < -0.3 is 5.32 Å². The highest BCUT2D eigenvalue weighted by Crippen LogP contribution is 2.67. The monoisotopic (exact) mass is 601 g/mol. The van der Waals surface area contributed by atoms with Crippen molar-refractivity contribution < 1.29 is 8.42 Å². The highest BCUT2D eigenvalue weighted by Gasteiger charge is 2.44. The fraction of sp³-hybridized carbons (Fsp3) is 0.741. The van der Waals surface area contributed by atoms with E-state index in [1.807, 2.05) is 0 Å². The molecule has 7 nitrogen and oxygen atoms in total. The van der Waals surface area contributed by atoms with Crippen molar-refractivity contribution >= 4 is 52.0 Å². The first-order valence-corrected chi connectivity index (χ1v) is 18.2. The minimum Gasteiger partial charge on any atom is -0.331 e. The highest BCUT2D eigenvalue weighted by molar-refractivity contribution is 7.89. The number of hydrogen-bond donors (Lipinski definition) is 1. The molecule has 3 saturated heterocycles. The van der Waals surface area contributed by atoms with Gasteiger partial charge in [0.25, 0.3) is 0 Å². The zero-order valence-corrected chi connectivity index (χ0v) is 26.6. The third kappa shape index (κ3) is 6.67. The van der Waals surface area contributed by atoms with E-state index in [4.69, 9.17) is 28.6 Å². The third-order valence-corrected chi connectivity index (χ3v) is 15.3. The molecule has 1 aromatic rings. The second-order valence-electron chi connectivity index (χ2n) is 11.8. The lowest BCUT2D eigenvalue weighted by molar-refractivity contribution is 0.368. The van der Waals surface area contributed by atoms with E-state index in [1.165, 1.54) is 55.7 Å². The molecule has 0 aromatic heterocycles. The van der Waals surface area contributed by atoms with E-state index in [0.29, 0.717) is 23.9 Å². The van der Waals surface area contributed by atoms with E-state index in [1.54, 1.807) is 18.2 Å². The minimum absolute atomic E-state index is 0.0856. The summed E-state index contributed by atoms with van der Waals surface area (Å²) in [7, 11) is -5.87. The van der Waals surface area contributed by atoms with E-state index < -0.39 is 17.4 Å². The Balaban J connectivity index is 1.72. The van der Waals surface area contributed by atoms with Crippen molar-refractivity contribution in [3.05, 3.63) is 23.2 Å². The maximum absolute atomic E-state index is 13.3. The van der Waals surface area contributed by atoms with Crippen molar-refractivity contribution in [1.82, 2.24) is 13.6 Å². The van der Waals surface area contributed by atoms with Crippen LogP contribution in [0.15, 0.2) is 27.8 Å². The number of hydrogen-bond acceptors (Lipinski definition) is 3. The molecule has 3 fully saturated rings. The molecule has 0 amide bonds. The molecule has 11 heteroatoms. The number of anilines is 1. The predicted octanol–water partition coefficient (Wildman–Crippen LogP) is 7.40. The Morgan fingerprint density at radius 2 is 1.34 bits per heavy atom. The summed E-state index contributed by atoms with van der Waals surface area (Å²) in [4.78, 5) is 0.130. The lowest BCUT2D eigenvalue weighted by Crippen LogP contribution is -2.42. The molecule has 0 aliphatic carbocycles. The number of nitrogens with zero attached hydrogens (tertiary/aromatic N) is 4. The van der Waals surface area contributed by atoms with Gasteiger partial charge in [0.15, 0.2) is 5.11 Å². The molecule has 3 heterocycles. The van der Waals surface area contributed by atoms with E-state index >= 15 is 0 Å². The van der Waals surface area contributed by atoms with E-state index in [9.17, 15) is 8.42 Å². The van der Waals surface area contributed by atoms with E-state index in [0.717, 1.165) is 39.0 Å². The third-order valence-electron chi connectivity index (χ3n) is 7.95. The van der Waals surface area contributed by atoms with Crippen LogP contribution in [0.3, 0.4) is 0 Å². The lowest BCUT2D eigenvalue weighted by atomic mass is 10.2. The molecule has 4 rings (SSSR count). The van der Waals surface area contributed by atoms with Crippen molar-refractivity contribution in [2.45, 2.75) is 95.0 Å². The Labute approximate surface area is 240 Å². The molecule has 0 bridgehead atoms. The van der Waals surface area contributed by atoms with Crippen LogP contribution in [0.2, 0.25) is 5.02 Å². The minimum atomic E-state index is -3.65. The number of sulfonamides is 1. The molecular weight excluding hydrogens is 557 g/mol. The Morgan fingerprint density at radius 3 is 1.82 bits per heavy atom. The van der Waals surface area contributed by atoms with Crippen molar-refractivity contribution in [1.29, 1.82) is 0 Å². The summed E-state index contributed by atoms with van der Waals surface area (Å²) < 4.78 is 38.9. The second-order valence-corrected chi connectivity index (χ2v) is 18.3. The zero-order chi connectivity index (χ0) is 27.4. The fourth-order valence-corrected chi connectivity index (χ4v) is 13.2. The van der Waals surface area contributed by atoms with Crippen LogP contribution in [0.1, 0.15) is 85.0 Å². The van der Waals surface area contributed by atoms with Gasteiger partial charge in [-0.15, -0.1) is 0 Å². The average molecular weight is 602 g/mol. The van der Waals surface area contributed by atoms with Gasteiger partial charge in [-0.25, -0.2) is 13.2 Å². The molecule has 0 atom stereocenters. The summed E-state index contributed by atoms with van der Waals surface area (Å²) >= 11 is 12.3. The first kappa shape index (κ1) is 30.4. The molecule has 0 unspecified atom stereocenters. The van der Waals surface area contributed by atoms with Crippen LogP contribution in [0.5, 0.6) is 0 Å². The largest absolute Gasteiger partial charge is 0.331 e. The van der Waals surface area contributed by atoms with E-state index in [2.05, 4.69) is 35.4 Å². The fourth-order valence-electron chi connectivity index (χ4n) is 6.09. The van der Waals surface area contributed by atoms with Gasteiger partial charge in [0.1, 0.15) is 12.3 Å². The first-order chi connectivity index (χ1) is 18.1. The first-order valence-electron chi connectivity index (χ1n) is 14.3. The molecule has 0 saturated carbocycles. The summed E-state index contributed by atoms with van der Waals surface area (Å²) in [5, 5.41) is 3.88. The second kappa shape index (κ2) is 13.0. The van der Waals surface area contributed by atoms with Gasteiger partial charge in [0, 0.05) is 50.1 Å². The van der Waals surface area contributed by atoms with Gasteiger partial charge >= 0.3 is 0 Å². The molecule has 1 aromatic carbocycles. The van der Waals surface area contributed by atoms with Gasteiger partial charge in [0.2, 0.25) is 10.0 Å². The summed E-state index contributed by atoms with van der Waals surface area (Å²) in [5.41, 5.74) is 0.611. The van der Waals surface area contributed by atoms with Crippen LogP contribution in [-0.2, 0) is 10.0 Å². The van der Waals surface area contributed by atoms with Crippen molar-refractivity contribution in [3.8, 4) is 0 Å². The highest BCUT2D eigenvalue weighted by atomic mass is 35.5. The van der Waals surface area contributed by atoms with Crippen molar-refractivity contribution in [2.75, 3.05) is 44.6 Å². The average Bonchev–Trinajstić information content (AvgIpc) is 3.10. The summed E-state index contributed by atoms with van der Waals surface area (Å²) in [5.74, 6) is 0. The van der Waals surface area contributed by atoms with Gasteiger partial charge in [-0.1, -0.05) is 58.1 Å². The molecule has 0 spiro atoms. The number of halogens is 1. The van der Waals surface area contributed by atoms with Crippen molar-refractivity contribution in [2.24, 2.45) is 4.74 Å². The SMILES string of the molecule is CC(C)(C)P(=NC(=S)Nc1ccc(Cl)c(S(=O)(=O)N2CCCC2)c1)(N1CCCCCC1)N1CCCCCC1. The van der Waals surface area contributed by atoms with Gasteiger partial charge in [-0.05, 0) is 68.9 Å². The van der Waals surface area contributed by atoms with Gasteiger partial charge in [-0.3, -0.25) is 9.34 Å². The maximum atomic E-state index is 13.3. The molecular formula is C27H45ClN5O2PS2. The molecule has 1 N–H and O–H groups in total. The zero-order valence-electron chi connectivity index (χ0n) is 23.3. The lowest BCUT2D eigenvalue weighted by Gasteiger charge is -2.50. The Kier molecular flexibility index (Phi) is 10.4. The van der Waals surface area contributed by atoms with Crippen molar-refractivity contribution in [3.63, 3.8) is 0 Å². The van der Waals surface area contributed by atoms with Crippen LogP contribution in [0, 0.1) is 0 Å². The quantitative estimate of drug-likeness (QED) is 0.280. The topological polar surface area (TPSA) is 68.2 Å². The molecule has 0 radical (unpaired) electrons. The Hall–Kier alpha value is -0.540. The molecule has 3 aliphatic rings. The normalized spacial score (nSPS) is 21.6. The predicted molar refractivity (Wildman–Crippen MR) is 165 cm³/mol. The number of rotatable bonds is 5. The molecule has 214 valence electrons. The van der Waals surface area contributed by atoms with Crippen LogP contribution in [0.25, 0.3) is 0 Å². The summed E-state index contributed by atoms with van der Waals surface area (Å²) in [6.07, 6.45) is 11.6. The van der Waals surface area contributed by atoms with Crippen LogP contribution < -0.4 is 5.32 Å². The maximum Gasteiger partial charge on any atom is 0.244 e. The summed E-state index contributed by atoms with van der Waals surface area (Å²) in [6.45, 7) is 12.2. The van der Waals surface area contributed by atoms with Crippen LogP contribution >= 0.6 is 31.2 Å². The smallest absolute Gasteiger partial charge is 0.244 e. The number of thiocarbonyl (C=S) groups is 1. The molecule has 3 aliphatic heterocycles. The summed E-state index contributed by atoms with van der Waals surface area (Å²) in [6, 6.07) is 5.06. The van der Waals surface area contributed by atoms with Crippen LogP contribution in [-0.4, -0.2) is 71.6 Å². The Morgan fingerprint density at radius 1 is 0.868 bits per heavy atom. The van der Waals surface area contributed by atoms with Gasteiger partial charge in [-0.2, -0.15) is 4.31 Å². The number of nitrogens with one attached hydrogen (secondary N) is 1. The van der Waals surface area contributed by atoms with E-state index in [-0.39, 0.29) is 15.1 Å².